The minimum absolute atomic E-state index is 0.104. The van der Waals surface area contributed by atoms with Gasteiger partial charge in [-0.2, -0.15) is 0 Å². The lowest BCUT2D eigenvalue weighted by molar-refractivity contribution is -0.157. The van der Waals surface area contributed by atoms with Gasteiger partial charge in [-0.25, -0.2) is 0 Å². The average Bonchev–Trinajstić information content (AvgIpc) is 2.33. The van der Waals surface area contributed by atoms with E-state index in [9.17, 15) is 9.59 Å². The average molecular weight is 275 g/mol. The van der Waals surface area contributed by atoms with E-state index < -0.39 is 0 Å². The summed E-state index contributed by atoms with van der Waals surface area (Å²) in [6, 6.07) is 0.104. The van der Waals surface area contributed by atoms with E-state index in [-0.39, 0.29) is 17.9 Å². The molecule has 0 aromatic carbocycles. The summed E-state index contributed by atoms with van der Waals surface area (Å²) in [5.74, 6) is 0.00843. The van der Waals surface area contributed by atoms with Gasteiger partial charge in [0.25, 0.3) is 0 Å². The van der Waals surface area contributed by atoms with Gasteiger partial charge in [0.2, 0.25) is 0 Å². The van der Waals surface area contributed by atoms with E-state index in [1.807, 2.05) is 13.8 Å². The van der Waals surface area contributed by atoms with Crippen LogP contribution in [0.25, 0.3) is 0 Å². The predicted octanol–water partition coefficient (Wildman–Crippen LogP) is 1.86. The lowest BCUT2D eigenvalue weighted by Crippen LogP contribution is -2.56. The van der Waals surface area contributed by atoms with Gasteiger partial charge in [-0.3, -0.25) is 9.59 Å². The molecule has 0 bridgehead atoms. The molecule has 0 unspecified atom stereocenters. The second-order valence-corrected chi connectivity index (χ2v) is 5.37. The first-order valence-corrected chi connectivity index (χ1v) is 7.27. The van der Waals surface area contributed by atoms with Gasteiger partial charge in [0.15, 0.2) is 0 Å². The maximum absolute atomic E-state index is 11.9. The Morgan fingerprint density at radius 1 is 1.06 bits per heavy atom. The maximum atomic E-state index is 11.9. The number of carbonyl (C=O) groups is 2. The Labute approximate surface area is 114 Å². The number of hydrogen-bond acceptors (Lipinski definition) is 2. The zero-order valence-corrected chi connectivity index (χ0v) is 12.1. The number of rotatable bonds is 7. The topological polar surface area (TPSA) is 40.6 Å². The van der Waals surface area contributed by atoms with Gasteiger partial charge in [-0.1, -0.05) is 12.8 Å². The van der Waals surface area contributed by atoms with Crippen molar-refractivity contribution in [1.82, 2.24) is 9.80 Å². The van der Waals surface area contributed by atoms with E-state index in [1.54, 1.807) is 9.80 Å². The number of piperazine rings is 1. The summed E-state index contributed by atoms with van der Waals surface area (Å²) < 4.78 is 0. The van der Waals surface area contributed by atoms with Crippen molar-refractivity contribution in [3.05, 3.63) is 0 Å². The standard InChI is InChI=1S/C13H23ClN2O2/c1-11(2)16-10-9-15(12(17)13(16)18)8-6-4-3-5-7-14/h11H,3-10H2,1-2H3. The summed E-state index contributed by atoms with van der Waals surface area (Å²) in [6.45, 7) is 5.89. The van der Waals surface area contributed by atoms with Crippen LogP contribution in [0.3, 0.4) is 0 Å². The third-order valence-electron chi connectivity index (χ3n) is 3.28. The Morgan fingerprint density at radius 2 is 1.72 bits per heavy atom. The summed E-state index contributed by atoms with van der Waals surface area (Å²) >= 11 is 5.60. The molecular formula is C13H23ClN2O2. The van der Waals surface area contributed by atoms with E-state index in [4.69, 9.17) is 11.6 Å². The smallest absolute Gasteiger partial charge is 0.312 e. The van der Waals surface area contributed by atoms with Crippen LogP contribution < -0.4 is 0 Å². The number of unbranched alkanes of at least 4 members (excludes halogenated alkanes) is 3. The molecule has 0 spiro atoms. The molecule has 4 nitrogen and oxygen atoms in total. The van der Waals surface area contributed by atoms with Crippen molar-refractivity contribution in [2.75, 3.05) is 25.5 Å². The van der Waals surface area contributed by atoms with Gasteiger partial charge in [-0.15, -0.1) is 11.6 Å². The van der Waals surface area contributed by atoms with Crippen LogP contribution in [-0.4, -0.2) is 53.2 Å². The maximum Gasteiger partial charge on any atom is 0.312 e. The fourth-order valence-electron chi connectivity index (χ4n) is 2.15. The van der Waals surface area contributed by atoms with Crippen molar-refractivity contribution in [1.29, 1.82) is 0 Å². The van der Waals surface area contributed by atoms with Gasteiger partial charge in [-0.05, 0) is 26.7 Å². The van der Waals surface area contributed by atoms with Crippen LogP contribution in [0.5, 0.6) is 0 Å². The number of carbonyl (C=O) groups excluding carboxylic acids is 2. The first-order valence-electron chi connectivity index (χ1n) is 6.73. The van der Waals surface area contributed by atoms with Crippen molar-refractivity contribution >= 4 is 23.4 Å². The van der Waals surface area contributed by atoms with Crippen LogP contribution >= 0.6 is 11.6 Å². The lowest BCUT2D eigenvalue weighted by Gasteiger charge is -2.36. The second-order valence-electron chi connectivity index (χ2n) is 4.99. The first-order chi connectivity index (χ1) is 8.57. The van der Waals surface area contributed by atoms with Crippen molar-refractivity contribution in [3.63, 3.8) is 0 Å². The van der Waals surface area contributed by atoms with E-state index in [0.717, 1.165) is 25.7 Å². The number of hydrogen-bond donors (Lipinski definition) is 0. The summed E-state index contributed by atoms with van der Waals surface area (Å²) in [7, 11) is 0. The van der Waals surface area contributed by atoms with Crippen molar-refractivity contribution < 1.29 is 9.59 Å². The highest BCUT2D eigenvalue weighted by atomic mass is 35.5. The van der Waals surface area contributed by atoms with Gasteiger partial charge in [0, 0.05) is 31.6 Å². The van der Waals surface area contributed by atoms with E-state index >= 15 is 0 Å². The fraction of sp³-hybridized carbons (Fsp3) is 0.846. The molecule has 18 heavy (non-hydrogen) atoms. The molecule has 0 radical (unpaired) electrons. The highest BCUT2D eigenvalue weighted by Crippen LogP contribution is 2.10. The van der Waals surface area contributed by atoms with Gasteiger partial charge >= 0.3 is 11.8 Å². The molecule has 1 aliphatic rings. The van der Waals surface area contributed by atoms with Crippen LogP contribution in [0.4, 0.5) is 0 Å². The third kappa shape index (κ3) is 4.16. The minimum Gasteiger partial charge on any atom is -0.333 e. The molecule has 0 saturated carbocycles. The summed E-state index contributed by atoms with van der Waals surface area (Å²) in [4.78, 5) is 27.0. The quantitative estimate of drug-likeness (QED) is 0.404. The molecule has 1 aliphatic heterocycles. The van der Waals surface area contributed by atoms with Crippen LogP contribution in [0.2, 0.25) is 0 Å². The van der Waals surface area contributed by atoms with E-state index in [2.05, 4.69) is 0 Å². The van der Waals surface area contributed by atoms with Crippen LogP contribution in [0.1, 0.15) is 39.5 Å². The molecular weight excluding hydrogens is 252 g/mol. The molecule has 0 aliphatic carbocycles. The Hall–Kier alpha value is -0.770. The summed E-state index contributed by atoms with van der Waals surface area (Å²) in [5.41, 5.74) is 0. The lowest BCUT2D eigenvalue weighted by atomic mass is 10.1. The van der Waals surface area contributed by atoms with Gasteiger partial charge in [0.1, 0.15) is 0 Å². The molecule has 0 N–H and O–H groups in total. The Morgan fingerprint density at radius 3 is 2.33 bits per heavy atom. The molecule has 104 valence electrons. The molecule has 0 aromatic rings. The fourth-order valence-corrected chi connectivity index (χ4v) is 2.34. The van der Waals surface area contributed by atoms with Crippen LogP contribution in [0, 0.1) is 0 Å². The third-order valence-corrected chi connectivity index (χ3v) is 3.54. The van der Waals surface area contributed by atoms with Crippen molar-refractivity contribution in [2.45, 2.75) is 45.6 Å². The predicted molar refractivity (Wildman–Crippen MR) is 72.6 cm³/mol. The van der Waals surface area contributed by atoms with Gasteiger partial charge in [0.05, 0.1) is 0 Å². The molecule has 1 heterocycles. The Kier molecular flexibility index (Phi) is 6.47. The SMILES string of the molecule is CC(C)N1CCN(CCCCCCCl)C(=O)C1=O. The number of halogens is 1. The molecule has 5 heteroatoms. The Bertz CT molecular complexity index is 295. The van der Waals surface area contributed by atoms with E-state index in [1.165, 1.54) is 0 Å². The highest BCUT2D eigenvalue weighted by Gasteiger charge is 2.33. The van der Waals surface area contributed by atoms with Crippen LogP contribution in [-0.2, 0) is 9.59 Å². The molecule has 2 amide bonds. The molecule has 1 rings (SSSR count). The zero-order valence-electron chi connectivity index (χ0n) is 11.3. The number of amides is 2. The van der Waals surface area contributed by atoms with Crippen LogP contribution in [0.15, 0.2) is 0 Å². The largest absolute Gasteiger partial charge is 0.333 e. The molecule has 0 atom stereocenters. The first kappa shape index (κ1) is 15.3. The summed E-state index contributed by atoms with van der Waals surface area (Å²) in [5, 5.41) is 0. The number of alkyl halides is 1. The van der Waals surface area contributed by atoms with E-state index in [0.29, 0.717) is 25.5 Å². The van der Waals surface area contributed by atoms with Gasteiger partial charge < -0.3 is 9.80 Å². The molecule has 0 aromatic heterocycles. The summed E-state index contributed by atoms with van der Waals surface area (Å²) in [6.07, 6.45) is 4.14. The molecule has 1 fully saturated rings. The van der Waals surface area contributed by atoms with Crippen molar-refractivity contribution in [2.24, 2.45) is 0 Å². The number of nitrogens with zero attached hydrogens (tertiary/aromatic N) is 2. The highest BCUT2D eigenvalue weighted by molar-refractivity contribution is 6.35. The minimum atomic E-state index is -0.350. The zero-order chi connectivity index (χ0) is 13.5. The van der Waals surface area contributed by atoms with Crippen molar-refractivity contribution in [3.8, 4) is 0 Å². The second kappa shape index (κ2) is 7.62. The Balaban J connectivity index is 2.32. The molecule has 1 saturated heterocycles. The normalized spacial score (nSPS) is 16.9. The monoisotopic (exact) mass is 274 g/mol.